The number of furan rings is 2. The number of hydrogen-bond donors (Lipinski definition) is 0. The van der Waals surface area contributed by atoms with Crippen LogP contribution in [0, 0.1) is 0 Å². The maximum absolute atomic E-state index is 6.42. The molecule has 12 aromatic rings. The number of anilines is 6. The lowest BCUT2D eigenvalue weighted by Crippen LogP contribution is -2.14. The van der Waals surface area contributed by atoms with Crippen LogP contribution >= 0.6 is 0 Å². The SMILES string of the molecule is C1=Cc2oc3ccc(N(c4ccc5ccccc5c4)c4c5ccccc5c(N(c5ccc6ccccc6c5)c5ccc6oc7ccccc7c6c5)c5ccccc45)cc3c2CC1. The normalized spacial score (nSPS) is 12.6. The summed E-state index contributed by atoms with van der Waals surface area (Å²) in [5.41, 5.74) is 10.5. The van der Waals surface area contributed by atoms with Crippen molar-refractivity contribution in [2.24, 2.45) is 0 Å². The molecule has 0 saturated carbocycles. The van der Waals surface area contributed by atoms with Crippen LogP contribution in [0.4, 0.5) is 34.1 Å². The summed E-state index contributed by atoms with van der Waals surface area (Å²) in [5.74, 6) is 0.969. The van der Waals surface area contributed by atoms with E-state index in [1.165, 1.54) is 32.5 Å². The van der Waals surface area contributed by atoms with E-state index >= 15 is 0 Å². The molecule has 2 heterocycles. The highest BCUT2D eigenvalue weighted by Crippen LogP contribution is 2.52. The molecule has 62 heavy (non-hydrogen) atoms. The van der Waals surface area contributed by atoms with E-state index in [0.29, 0.717) is 0 Å². The number of para-hydroxylation sites is 1. The minimum absolute atomic E-state index is 0.872. The quantitative estimate of drug-likeness (QED) is 0.124. The van der Waals surface area contributed by atoms with Crippen molar-refractivity contribution in [3.05, 3.63) is 212 Å². The first-order chi connectivity index (χ1) is 30.7. The zero-order valence-corrected chi connectivity index (χ0v) is 33.8. The molecule has 4 nitrogen and oxygen atoms in total. The molecule has 4 heteroatoms. The zero-order chi connectivity index (χ0) is 40.7. The average Bonchev–Trinajstić information content (AvgIpc) is 3.90. The number of aryl methyl sites for hydroxylation is 1. The molecule has 10 aromatic carbocycles. The minimum atomic E-state index is 0.872. The van der Waals surface area contributed by atoms with Crippen molar-refractivity contribution in [3.8, 4) is 0 Å². The lowest BCUT2D eigenvalue weighted by atomic mass is 9.94. The van der Waals surface area contributed by atoms with E-state index < -0.39 is 0 Å². The molecule has 0 aliphatic heterocycles. The standard InChI is InChI=1S/C58H38N2O2/c1-3-15-39-33-41(27-25-37(39)13-1)59(43-29-31-55-51(35-43)45-17-9-11-23-53(45)61-55)57-47-19-5-7-21-49(47)58(50-22-8-6-20-48(50)57)60(42-28-26-38-14-2-4-16-40(38)34-42)44-30-32-56-52(36-44)46-18-10-12-24-54(46)62-56/h1-9,11-17,19-36H,10,18H2. The molecule has 0 saturated heterocycles. The maximum atomic E-state index is 6.42. The third kappa shape index (κ3) is 5.40. The summed E-state index contributed by atoms with van der Waals surface area (Å²) in [4.78, 5) is 4.93. The molecule has 13 rings (SSSR count). The predicted octanol–water partition coefficient (Wildman–Crippen LogP) is 16.8. The number of hydrogen-bond acceptors (Lipinski definition) is 4. The third-order valence-electron chi connectivity index (χ3n) is 12.8. The second-order valence-corrected chi connectivity index (χ2v) is 16.4. The molecular weight excluding hydrogens is 757 g/mol. The summed E-state index contributed by atoms with van der Waals surface area (Å²) < 4.78 is 12.8. The topological polar surface area (TPSA) is 32.8 Å². The van der Waals surface area contributed by atoms with E-state index in [9.17, 15) is 0 Å². The van der Waals surface area contributed by atoms with E-state index in [-0.39, 0.29) is 0 Å². The van der Waals surface area contributed by atoms with E-state index in [1.807, 2.05) is 12.1 Å². The average molecular weight is 795 g/mol. The van der Waals surface area contributed by atoms with Gasteiger partial charge >= 0.3 is 0 Å². The molecule has 0 bridgehead atoms. The number of benzene rings is 10. The van der Waals surface area contributed by atoms with Gasteiger partial charge in [-0.15, -0.1) is 0 Å². The molecule has 0 unspecified atom stereocenters. The second-order valence-electron chi connectivity index (χ2n) is 16.4. The van der Waals surface area contributed by atoms with Gasteiger partial charge in [0.25, 0.3) is 0 Å². The van der Waals surface area contributed by atoms with E-state index in [4.69, 9.17) is 8.83 Å². The summed E-state index contributed by atoms with van der Waals surface area (Å²) in [6.07, 6.45) is 6.31. The van der Waals surface area contributed by atoms with Gasteiger partial charge < -0.3 is 18.6 Å². The maximum Gasteiger partial charge on any atom is 0.135 e. The highest BCUT2D eigenvalue weighted by Gasteiger charge is 2.27. The highest BCUT2D eigenvalue weighted by molar-refractivity contribution is 6.24. The highest BCUT2D eigenvalue weighted by atomic mass is 16.3. The van der Waals surface area contributed by atoms with Crippen LogP contribution in [-0.2, 0) is 6.42 Å². The van der Waals surface area contributed by atoms with Gasteiger partial charge in [-0.25, -0.2) is 0 Å². The summed E-state index contributed by atoms with van der Waals surface area (Å²) in [6, 6.07) is 70.4. The Morgan fingerprint density at radius 2 is 0.774 bits per heavy atom. The number of fused-ring (bicyclic) bond motifs is 10. The largest absolute Gasteiger partial charge is 0.456 e. The van der Waals surface area contributed by atoms with Gasteiger partial charge in [-0.05, 0) is 107 Å². The number of allylic oxidation sites excluding steroid dienone is 1. The van der Waals surface area contributed by atoms with Crippen LogP contribution in [0.25, 0.3) is 82.1 Å². The monoisotopic (exact) mass is 794 g/mol. The Labute approximate surface area is 357 Å². The van der Waals surface area contributed by atoms with Crippen LogP contribution in [0.3, 0.4) is 0 Å². The van der Waals surface area contributed by atoms with Crippen LogP contribution in [0.2, 0.25) is 0 Å². The molecule has 0 N–H and O–H groups in total. The third-order valence-corrected chi connectivity index (χ3v) is 12.8. The molecule has 0 fully saturated rings. The fourth-order valence-electron chi connectivity index (χ4n) is 9.97. The molecular formula is C58H38N2O2. The second kappa shape index (κ2) is 13.7. The van der Waals surface area contributed by atoms with Crippen LogP contribution in [0.5, 0.6) is 0 Å². The summed E-state index contributed by atoms with van der Waals surface area (Å²) in [7, 11) is 0. The van der Waals surface area contributed by atoms with Gasteiger partial charge in [-0.3, -0.25) is 0 Å². The van der Waals surface area contributed by atoms with Crippen molar-refractivity contribution in [1.82, 2.24) is 0 Å². The first-order valence-electron chi connectivity index (χ1n) is 21.4. The fourth-order valence-corrected chi connectivity index (χ4v) is 9.97. The Hall–Kier alpha value is -8.08. The van der Waals surface area contributed by atoms with Gasteiger partial charge in [0.15, 0.2) is 0 Å². The lowest BCUT2D eigenvalue weighted by Gasteiger charge is -2.33. The summed E-state index contributed by atoms with van der Waals surface area (Å²) in [6.45, 7) is 0. The van der Waals surface area contributed by atoms with E-state index in [1.54, 1.807) is 0 Å². The van der Waals surface area contributed by atoms with Gasteiger partial charge in [0.05, 0.1) is 11.4 Å². The van der Waals surface area contributed by atoms with Crippen LogP contribution in [0.1, 0.15) is 17.7 Å². The zero-order valence-electron chi connectivity index (χ0n) is 33.8. The van der Waals surface area contributed by atoms with Gasteiger partial charge in [-0.1, -0.05) is 133 Å². The van der Waals surface area contributed by atoms with Crippen molar-refractivity contribution in [1.29, 1.82) is 0 Å². The van der Waals surface area contributed by atoms with Crippen LogP contribution in [0.15, 0.2) is 209 Å². The van der Waals surface area contributed by atoms with Crippen molar-refractivity contribution >= 4 is 116 Å². The Bertz CT molecular complexity index is 3740. The first kappa shape index (κ1) is 34.8. The summed E-state index contributed by atoms with van der Waals surface area (Å²) in [5, 5.41) is 12.7. The van der Waals surface area contributed by atoms with Gasteiger partial charge in [-0.2, -0.15) is 0 Å². The van der Waals surface area contributed by atoms with Crippen LogP contribution in [-0.4, -0.2) is 0 Å². The van der Waals surface area contributed by atoms with Crippen molar-refractivity contribution in [2.75, 3.05) is 9.80 Å². The fraction of sp³-hybridized carbons (Fsp3) is 0.0345. The van der Waals surface area contributed by atoms with E-state index in [0.717, 1.165) is 102 Å². The Kier molecular flexibility index (Phi) is 7.70. The molecule has 1 aliphatic rings. The molecule has 0 atom stereocenters. The van der Waals surface area contributed by atoms with Gasteiger partial charge in [0, 0.05) is 66.0 Å². The number of rotatable bonds is 6. The first-order valence-corrected chi connectivity index (χ1v) is 21.4. The van der Waals surface area contributed by atoms with Gasteiger partial charge in [0.2, 0.25) is 0 Å². The minimum Gasteiger partial charge on any atom is -0.456 e. The smallest absolute Gasteiger partial charge is 0.135 e. The predicted molar refractivity (Wildman–Crippen MR) is 260 cm³/mol. The Balaban J connectivity index is 1.12. The van der Waals surface area contributed by atoms with E-state index in [2.05, 4.69) is 204 Å². The molecule has 0 radical (unpaired) electrons. The number of nitrogens with zero attached hydrogens (tertiary/aromatic N) is 2. The van der Waals surface area contributed by atoms with Crippen molar-refractivity contribution < 1.29 is 8.83 Å². The Morgan fingerprint density at radius 3 is 1.35 bits per heavy atom. The van der Waals surface area contributed by atoms with Crippen molar-refractivity contribution in [2.45, 2.75) is 12.8 Å². The molecule has 292 valence electrons. The Morgan fingerprint density at radius 1 is 0.339 bits per heavy atom. The molecule has 0 spiro atoms. The molecule has 1 aliphatic carbocycles. The molecule has 0 amide bonds. The summed E-state index contributed by atoms with van der Waals surface area (Å²) >= 11 is 0. The van der Waals surface area contributed by atoms with Gasteiger partial charge in [0.1, 0.15) is 22.5 Å². The van der Waals surface area contributed by atoms with Crippen LogP contribution < -0.4 is 9.80 Å². The van der Waals surface area contributed by atoms with Crippen molar-refractivity contribution in [3.63, 3.8) is 0 Å². The lowest BCUT2D eigenvalue weighted by molar-refractivity contribution is 0.595. The molecule has 2 aromatic heterocycles.